The number of amides is 1. The van der Waals surface area contributed by atoms with Gasteiger partial charge >= 0.3 is 6.09 Å². The van der Waals surface area contributed by atoms with Crippen LogP contribution in [0, 0.1) is 5.92 Å². The van der Waals surface area contributed by atoms with Gasteiger partial charge in [0.1, 0.15) is 5.60 Å². The number of hydrogen-bond donors (Lipinski definition) is 1. The fourth-order valence-corrected chi connectivity index (χ4v) is 2.80. The Bertz CT molecular complexity index is 285. The lowest BCUT2D eigenvalue weighted by Crippen LogP contribution is -2.54. The first-order chi connectivity index (χ1) is 7.38. The van der Waals surface area contributed by atoms with Gasteiger partial charge in [-0.3, -0.25) is 0 Å². The topological polar surface area (TPSA) is 55.6 Å². The molecule has 1 amide bonds. The summed E-state index contributed by atoms with van der Waals surface area (Å²) in [6.45, 7) is 6.49. The van der Waals surface area contributed by atoms with Crippen molar-refractivity contribution in [2.45, 2.75) is 57.7 Å². The highest BCUT2D eigenvalue weighted by Gasteiger charge is 2.43. The summed E-state index contributed by atoms with van der Waals surface area (Å²) >= 11 is 0. The highest BCUT2D eigenvalue weighted by Crippen LogP contribution is 2.36. The summed E-state index contributed by atoms with van der Waals surface area (Å²) in [6.07, 6.45) is 3.01. The number of rotatable bonds is 0. The normalized spacial score (nSPS) is 34.0. The van der Waals surface area contributed by atoms with Crippen LogP contribution in [0.3, 0.4) is 0 Å². The van der Waals surface area contributed by atoms with Crippen LogP contribution in [-0.4, -0.2) is 35.2 Å². The van der Waals surface area contributed by atoms with Crippen LogP contribution < -0.4 is 5.73 Å². The fraction of sp³-hybridized carbons (Fsp3) is 0.917. The molecule has 92 valence electrons. The Kier molecular flexibility index (Phi) is 2.86. The second-order valence-corrected chi connectivity index (χ2v) is 5.94. The first kappa shape index (κ1) is 11.7. The minimum atomic E-state index is -0.420. The van der Waals surface area contributed by atoms with Crippen molar-refractivity contribution in [2.24, 2.45) is 11.7 Å². The molecule has 0 radical (unpaired) electrons. The maximum atomic E-state index is 12.0. The molecule has 2 bridgehead atoms. The van der Waals surface area contributed by atoms with E-state index in [0.29, 0.717) is 5.92 Å². The van der Waals surface area contributed by atoms with Gasteiger partial charge in [0.25, 0.3) is 0 Å². The van der Waals surface area contributed by atoms with Crippen molar-refractivity contribution >= 4 is 6.09 Å². The molecule has 4 heteroatoms. The molecule has 1 saturated heterocycles. The predicted molar refractivity (Wildman–Crippen MR) is 62.0 cm³/mol. The number of hydrogen-bond acceptors (Lipinski definition) is 3. The second-order valence-electron chi connectivity index (χ2n) is 5.94. The Labute approximate surface area is 97.1 Å². The summed E-state index contributed by atoms with van der Waals surface area (Å²) in [5.41, 5.74) is 5.71. The van der Waals surface area contributed by atoms with E-state index in [1.807, 2.05) is 25.7 Å². The van der Waals surface area contributed by atoms with Crippen LogP contribution in [0.2, 0.25) is 0 Å². The molecule has 2 fully saturated rings. The van der Waals surface area contributed by atoms with Gasteiger partial charge in [0.15, 0.2) is 0 Å². The largest absolute Gasteiger partial charge is 0.444 e. The maximum absolute atomic E-state index is 12.0. The van der Waals surface area contributed by atoms with E-state index in [1.54, 1.807) is 0 Å². The molecular formula is C12H22N2O2. The smallest absolute Gasteiger partial charge is 0.410 e. The standard InChI is InChI=1S/C12H22N2O2/c1-12(2,3)16-11(15)14-7-6-8-4-5-9(14)10(8)13/h8-10H,4-7,13H2,1-3H3. The number of carbonyl (C=O) groups is 1. The van der Waals surface area contributed by atoms with Crippen LogP contribution in [0.5, 0.6) is 0 Å². The van der Waals surface area contributed by atoms with Crippen LogP contribution in [0.4, 0.5) is 4.79 Å². The van der Waals surface area contributed by atoms with Crippen molar-refractivity contribution in [3.8, 4) is 0 Å². The van der Waals surface area contributed by atoms with Crippen molar-refractivity contribution in [2.75, 3.05) is 6.54 Å². The number of nitrogens with zero attached hydrogens (tertiary/aromatic N) is 1. The molecule has 1 aliphatic carbocycles. The Morgan fingerprint density at radius 3 is 2.62 bits per heavy atom. The van der Waals surface area contributed by atoms with Crippen LogP contribution in [0.1, 0.15) is 40.0 Å². The molecule has 2 rings (SSSR count). The van der Waals surface area contributed by atoms with Gasteiger partial charge in [0.2, 0.25) is 0 Å². The molecule has 0 spiro atoms. The first-order valence-corrected chi connectivity index (χ1v) is 6.14. The molecule has 16 heavy (non-hydrogen) atoms. The molecule has 4 nitrogen and oxygen atoms in total. The first-order valence-electron chi connectivity index (χ1n) is 6.14. The van der Waals surface area contributed by atoms with E-state index in [4.69, 9.17) is 10.5 Å². The van der Waals surface area contributed by atoms with Crippen molar-refractivity contribution in [3.05, 3.63) is 0 Å². The molecule has 2 aliphatic rings. The number of fused-ring (bicyclic) bond motifs is 2. The fourth-order valence-electron chi connectivity index (χ4n) is 2.80. The van der Waals surface area contributed by atoms with Crippen molar-refractivity contribution in [1.82, 2.24) is 4.90 Å². The Hall–Kier alpha value is -0.770. The molecule has 3 unspecified atom stereocenters. The van der Waals surface area contributed by atoms with Crippen LogP contribution in [0.15, 0.2) is 0 Å². The van der Waals surface area contributed by atoms with Gasteiger partial charge in [-0.25, -0.2) is 4.79 Å². The van der Waals surface area contributed by atoms with Crippen molar-refractivity contribution < 1.29 is 9.53 Å². The average Bonchev–Trinajstić information content (AvgIpc) is 2.41. The molecule has 1 heterocycles. The lowest BCUT2D eigenvalue weighted by molar-refractivity contribution is 0.00864. The zero-order valence-corrected chi connectivity index (χ0v) is 10.4. The van der Waals surface area contributed by atoms with Crippen molar-refractivity contribution in [1.29, 1.82) is 0 Å². The molecule has 0 aromatic heterocycles. The monoisotopic (exact) mass is 226 g/mol. The average molecular weight is 226 g/mol. The molecule has 0 aromatic rings. The SMILES string of the molecule is CC(C)(C)OC(=O)N1CCC2CCC1C2N. The lowest BCUT2D eigenvalue weighted by atomic mass is 9.94. The van der Waals surface area contributed by atoms with Gasteiger partial charge in [-0.1, -0.05) is 0 Å². The van der Waals surface area contributed by atoms with Gasteiger partial charge < -0.3 is 15.4 Å². The summed E-state index contributed by atoms with van der Waals surface area (Å²) in [6, 6.07) is 0.356. The van der Waals surface area contributed by atoms with E-state index in [0.717, 1.165) is 25.8 Å². The van der Waals surface area contributed by atoms with E-state index >= 15 is 0 Å². The Morgan fingerprint density at radius 2 is 2.00 bits per heavy atom. The summed E-state index contributed by atoms with van der Waals surface area (Å²) in [5, 5.41) is 0. The van der Waals surface area contributed by atoms with Crippen LogP contribution in [0.25, 0.3) is 0 Å². The predicted octanol–water partition coefficient (Wildman–Crippen LogP) is 1.73. The number of carbonyl (C=O) groups excluding carboxylic acids is 1. The third kappa shape index (κ3) is 2.17. The molecule has 2 N–H and O–H groups in total. The molecule has 1 saturated carbocycles. The van der Waals surface area contributed by atoms with Crippen LogP contribution >= 0.6 is 0 Å². The van der Waals surface area contributed by atoms with Crippen LogP contribution in [-0.2, 0) is 4.74 Å². The third-order valence-corrected chi connectivity index (χ3v) is 3.59. The van der Waals surface area contributed by atoms with E-state index < -0.39 is 5.60 Å². The van der Waals surface area contributed by atoms with Gasteiger partial charge in [0.05, 0.1) is 6.04 Å². The van der Waals surface area contributed by atoms with Gasteiger partial charge in [-0.15, -0.1) is 0 Å². The minimum absolute atomic E-state index is 0.154. The molecule has 3 atom stereocenters. The van der Waals surface area contributed by atoms with E-state index in [-0.39, 0.29) is 18.2 Å². The number of likely N-dealkylation sites (tertiary alicyclic amines) is 1. The van der Waals surface area contributed by atoms with E-state index in [1.165, 1.54) is 0 Å². The number of ether oxygens (including phenoxy) is 1. The maximum Gasteiger partial charge on any atom is 0.410 e. The van der Waals surface area contributed by atoms with Gasteiger partial charge in [0, 0.05) is 12.6 Å². The quantitative estimate of drug-likeness (QED) is 0.684. The Morgan fingerprint density at radius 1 is 1.31 bits per heavy atom. The summed E-state index contributed by atoms with van der Waals surface area (Å²) in [4.78, 5) is 13.8. The van der Waals surface area contributed by atoms with Gasteiger partial charge in [-0.05, 0) is 46.0 Å². The summed E-state index contributed by atoms with van der Waals surface area (Å²) in [5.74, 6) is 0.615. The highest BCUT2D eigenvalue weighted by molar-refractivity contribution is 5.69. The zero-order valence-electron chi connectivity index (χ0n) is 10.4. The minimum Gasteiger partial charge on any atom is -0.444 e. The summed E-state index contributed by atoms with van der Waals surface area (Å²) < 4.78 is 5.41. The Balaban J connectivity index is 2.02. The van der Waals surface area contributed by atoms with Crippen molar-refractivity contribution in [3.63, 3.8) is 0 Å². The molecular weight excluding hydrogens is 204 g/mol. The number of piperidine rings is 1. The lowest BCUT2D eigenvalue weighted by Gasteiger charge is -2.38. The second kappa shape index (κ2) is 3.91. The summed E-state index contributed by atoms with van der Waals surface area (Å²) in [7, 11) is 0. The van der Waals surface area contributed by atoms with Gasteiger partial charge in [-0.2, -0.15) is 0 Å². The third-order valence-electron chi connectivity index (χ3n) is 3.59. The number of nitrogens with two attached hydrogens (primary N) is 1. The molecule has 0 aromatic carbocycles. The highest BCUT2D eigenvalue weighted by atomic mass is 16.6. The van der Waals surface area contributed by atoms with E-state index in [9.17, 15) is 4.79 Å². The molecule has 1 aliphatic heterocycles. The zero-order chi connectivity index (χ0) is 11.9. The van der Waals surface area contributed by atoms with E-state index in [2.05, 4.69) is 0 Å².